The van der Waals surface area contributed by atoms with Crippen LogP contribution in [-0.2, 0) is 17.7 Å². The number of rotatable bonds is 9. The van der Waals surface area contributed by atoms with Gasteiger partial charge in [-0.05, 0) is 45.7 Å². The summed E-state index contributed by atoms with van der Waals surface area (Å²) in [7, 11) is 1.64. The number of hydrogen-bond donors (Lipinski definition) is 1. The molecule has 1 fully saturated rings. The van der Waals surface area contributed by atoms with E-state index in [1.165, 1.54) is 12.8 Å². The number of amides is 1. The second-order valence-electron chi connectivity index (χ2n) is 6.96. The van der Waals surface area contributed by atoms with E-state index in [4.69, 9.17) is 4.74 Å². The molecule has 1 aromatic rings. The van der Waals surface area contributed by atoms with Crippen LogP contribution in [0.2, 0.25) is 0 Å². The average Bonchev–Trinajstić information content (AvgIpc) is 3.07. The van der Waals surface area contributed by atoms with Gasteiger partial charge in [-0.15, -0.1) is 0 Å². The van der Waals surface area contributed by atoms with Crippen LogP contribution < -0.4 is 10.7 Å². The Kier molecular flexibility index (Phi) is 7.85. The predicted molar refractivity (Wildman–Crippen MR) is 104 cm³/mol. The van der Waals surface area contributed by atoms with Crippen LogP contribution in [0.4, 0.5) is 0 Å². The first kappa shape index (κ1) is 20.6. The standard InChI is InChI=1S/C20H33N3O3/c1-5-17-19(20(25)21-10-8-12-26-4)18(24)13-15(3)23(17)14-16-9-7-11-22(16)6-2/h13,16H,5-12,14H2,1-4H3,(H,21,25)/t16-/m1/s1. The second kappa shape index (κ2) is 9.88. The van der Waals surface area contributed by atoms with Crippen LogP contribution in [0.25, 0.3) is 0 Å². The van der Waals surface area contributed by atoms with Gasteiger partial charge in [0.25, 0.3) is 5.91 Å². The predicted octanol–water partition coefficient (Wildman–Crippen LogP) is 1.97. The van der Waals surface area contributed by atoms with Crippen molar-refractivity contribution >= 4 is 5.91 Å². The number of likely N-dealkylation sites (N-methyl/N-ethyl adjacent to an activating group) is 1. The monoisotopic (exact) mass is 363 g/mol. The van der Waals surface area contributed by atoms with E-state index >= 15 is 0 Å². The van der Waals surface area contributed by atoms with Gasteiger partial charge in [0.05, 0.1) is 0 Å². The van der Waals surface area contributed by atoms with Crippen molar-refractivity contribution in [1.82, 2.24) is 14.8 Å². The maximum absolute atomic E-state index is 12.7. The fourth-order valence-electron chi connectivity index (χ4n) is 3.93. The number of carbonyl (C=O) groups excluding carboxylic acids is 1. The highest BCUT2D eigenvalue weighted by Crippen LogP contribution is 2.21. The van der Waals surface area contributed by atoms with Crippen LogP contribution in [0.15, 0.2) is 10.9 Å². The van der Waals surface area contributed by atoms with E-state index in [1.807, 2.05) is 13.8 Å². The van der Waals surface area contributed by atoms with Crippen LogP contribution in [0.1, 0.15) is 54.9 Å². The molecule has 1 aromatic heterocycles. The lowest BCUT2D eigenvalue weighted by atomic mass is 10.1. The van der Waals surface area contributed by atoms with Gasteiger partial charge >= 0.3 is 0 Å². The normalized spacial score (nSPS) is 17.6. The first-order valence-electron chi connectivity index (χ1n) is 9.77. The molecule has 2 rings (SSSR count). The fraction of sp³-hybridized carbons (Fsp3) is 0.700. The molecule has 26 heavy (non-hydrogen) atoms. The number of aryl methyl sites for hydroxylation is 1. The molecule has 1 atom stereocenters. The SMILES string of the molecule is CCc1c(C(=O)NCCCOC)c(=O)cc(C)n1C[C@H]1CCCN1CC. The average molecular weight is 364 g/mol. The van der Waals surface area contributed by atoms with Crippen molar-refractivity contribution in [2.75, 3.05) is 33.4 Å². The van der Waals surface area contributed by atoms with Crippen LogP contribution >= 0.6 is 0 Å². The van der Waals surface area contributed by atoms with E-state index < -0.39 is 0 Å². The van der Waals surface area contributed by atoms with Gasteiger partial charge in [0.1, 0.15) is 5.56 Å². The molecule has 0 bridgehead atoms. The van der Waals surface area contributed by atoms with Gasteiger partial charge in [0, 0.05) is 50.3 Å². The maximum atomic E-state index is 12.7. The quantitative estimate of drug-likeness (QED) is 0.682. The number of methoxy groups -OCH3 is 1. The van der Waals surface area contributed by atoms with E-state index in [0.717, 1.165) is 37.4 Å². The van der Waals surface area contributed by atoms with Gasteiger partial charge in [-0.2, -0.15) is 0 Å². The number of pyridine rings is 1. The summed E-state index contributed by atoms with van der Waals surface area (Å²) in [5, 5.41) is 2.87. The van der Waals surface area contributed by atoms with Crippen LogP contribution in [-0.4, -0.2) is 54.8 Å². The molecule has 1 amide bonds. The maximum Gasteiger partial charge on any atom is 0.257 e. The molecule has 0 radical (unpaired) electrons. The third kappa shape index (κ3) is 4.74. The zero-order valence-corrected chi connectivity index (χ0v) is 16.6. The van der Waals surface area contributed by atoms with Gasteiger partial charge in [0.2, 0.25) is 0 Å². The third-order valence-electron chi connectivity index (χ3n) is 5.30. The van der Waals surface area contributed by atoms with E-state index in [-0.39, 0.29) is 11.3 Å². The highest BCUT2D eigenvalue weighted by molar-refractivity contribution is 5.95. The third-order valence-corrected chi connectivity index (χ3v) is 5.30. The zero-order chi connectivity index (χ0) is 19.1. The summed E-state index contributed by atoms with van der Waals surface area (Å²) in [6, 6.07) is 2.08. The summed E-state index contributed by atoms with van der Waals surface area (Å²) in [5.41, 5.74) is 1.91. The lowest BCUT2D eigenvalue weighted by Gasteiger charge is -2.27. The van der Waals surface area contributed by atoms with E-state index in [9.17, 15) is 9.59 Å². The van der Waals surface area contributed by atoms with Crippen LogP contribution in [0.3, 0.4) is 0 Å². The number of nitrogens with one attached hydrogen (secondary N) is 1. The van der Waals surface area contributed by atoms with E-state index in [0.29, 0.717) is 31.2 Å². The lowest BCUT2D eigenvalue weighted by Crippen LogP contribution is -2.37. The number of nitrogens with zero attached hydrogens (tertiary/aromatic N) is 2. The summed E-state index contributed by atoms with van der Waals surface area (Å²) in [4.78, 5) is 27.7. The topological polar surface area (TPSA) is 63.6 Å². The number of likely N-dealkylation sites (tertiary alicyclic amines) is 1. The number of hydrogen-bond acceptors (Lipinski definition) is 4. The highest BCUT2D eigenvalue weighted by Gasteiger charge is 2.26. The Morgan fingerprint density at radius 1 is 1.38 bits per heavy atom. The van der Waals surface area contributed by atoms with Crippen molar-refractivity contribution in [3.05, 3.63) is 33.2 Å². The molecule has 6 heteroatoms. The summed E-state index contributed by atoms with van der Waals surface area (Å²) >= 11 is 0. The minimum Gasteiger partial charge on any atom is -0.385 e. The first-order chi connectivity index (χ1) is 12.5. The summed E-state index contributed by atoms with van der Waals surface area (Å²) < 4.78 is 7.19. The molecule has 0 aromatic carbocycles. The van der Waals surface area contributed by atoms with Gasteiger partial charge < -0.3 is 14.6 Å². The molecule has 146 valence electrons. The van der Waals surface area contributed by atoms with E-state index in [1.54, 1.807) is 13.2 Å². The Bertz CT molecular complexity index is 669. The molecule has 0 unspecified atom stereocenters. The van der Waals surface area contributed by atoms with Gasteiger partial charge in [0.15, 0.2) is 5.43 Å². The molecule has 1 aliphatic rings. The fourth-order valence-corrected chi connectivity index (χ4v) is 3.93. The van der Waals surface area contributed by atoms with Gasteiger partial charge in [-0.1, -0.05) is 13.8 Å². The molecule has 1 aliphatic heterocycles. The second-order valence-corrected chi connectivity index (χ2v) is 6.96. The first-order valence-corrected chi connectivity index (χ1v) is 9.77. The number of aromatic nitrogens is 1. The summed E-state index contributed by atoms with van der Waals surface area (Å²) in [5.74, 6) is -0.268. The van der Waals surface area contributed by atoms with Crippen molar-refractivity contribution in [1.29, 1.82) is 0 Å². The van der Waals surface area contributed by atoms with Crippen LogP contribution in [0.5, 0.6) is 0 Å². The van der Waals surface area contributed by atoms with Gasteiger partial charge in [-0.25, -0.2) is 0 Å². The Morgan fingerprint density at radius 2 is 2.15 bits per heavy atom. The molecule has 0 aliphatic carbocycles. The molecule has 2 heterocycles. The molecule has 1 N–H and O–H groups in total. The molecular weight excluding hydrogens is 330 g/mol. The smallest absolute Gasteiger partial charge is 0.257 e. The summed E-state index contributed by atoms with van der Waals surface area (Å²) in [6.07, 6.45) is 3.78. The molecule has 6 nitrogen and oxygen atoms in total. The lowest BCUT2D eigenvalue weighted by molar-refractivity contribution is 0.0945. The van der Waals surface area contributed by atoms with E-state index in [2.05, 4.69) is 21.7 Å². The van der Waals surface area contributed by atoms with Crippen molar-refractivity contribution in [3.63, 3.8) is 0 Å². The molecule has 0 spiro atoms. The van der Waals surface area contributed by atoms with Crippen molar-refractivity contribution in [2.45, 2.75) is 59.0 Å². The number of ether oxygens (including phenoxy) is 1. The Labute approximate surface area is 156 Å². The van der Waals surface area contributed by atoms with Crippen LogP contribution in [0, 0.1) is 6.92 Å². The Hall–Kier alpha value is -1.66. The molecule has 1 saturated heterocycles. The largest absolute Gasteiger partial charge is 0.385 e. The minimum absolute atomic E-state index is 0.182. The van der Waals surface area contributed by atoms with Crippen molar-refractivity contribution in [3.8, 4) is 0 Å². The minimum atomic E-state index is -0.268. The number of carbonyl (C=O) groups is 1. The zero-order valence-electron chi connectivity index (χ0n) is 16.6. The molecular formula is C20H33N3O3. The highest BCUT2D eigenvalue weighted by atomic mass is 16.5. The molecule has 0 saturated carbocycles. The van der Waals surface area contributed by atoms with Gasteiger partial charge in [-0.3, -0.25) is 14.5 Å². The van der Waals surface area contributed by atoms with Crippen molar-refractivity contribution in [2.24, 2.45) is 0 Å². The van der Waals surface area contributed by atoms with Crippen molar-refractivity contribution < 1.29 is 9.53 Å². The Balaban J connectivity index is 2.28. The summed E-state index contributed by atoms with van der Waals surface area (Å²) in [6.45, 7) is 10.3. The Morgan fingerprint density at radius 3 is 2.81 bits per heavy atom.